The summed E-state index contributed by atoms with van der Waals surface area (Å²) in [4.78, 5) is 8.70. The van der Waals surface area contributed by atoms with Gasteiger partial charge in [0.15, 0.2) is 5.65 Å². The van der Waals surface area contributed by atoms with E-state index in [1.54, 1.807) is 24.4 Å². The highest BCUT2D eigenvalue weighted by Crippen LogP contribution is 2.21. The van der Waals surface area contributed by atoms with Crippen LogP contribution in [0.1, 0.15) is 12.5 Å². The van der Waals surface area contributed by atoms with Crippen LogP contribution in [-0.4, -0.2) is 26.7 Å². The average Bonchev–Trinajstić information content (AvgIpc) is 2.95. The minimum absolute atomic E-state index is 0.241. The molecule has 0 fully saturated rings. The Morgan fingerprint density at radius 2 is 2.05 bits per heavy atom. The van der Waals surface area contributed by atoms with E-state index < -0.39 is 0 Å². The van der Waals surface area contributed by atoms with Gasteiger partial charge in [-0.2, -0.15) is 15.1 Å². The first-order valence-corrected chi connectivity index (χ1v) is 6.70. The van der Waals surface area contributed by atoms with Gasteiger partial charge in [-0.25, -0.2) is 4.39 Å². The molecule has 3 aromatic rings. The van der Waals surface area contributed by atoms with Crippen molar-refractivity contribution in [3.05, 3.63) is 41.8 Å². The van der Waals surface area contributed by atoms with Crippen LogP contribution in [0.2, 0.25) is 0 Å². The van der Waals surface area contributed by atoms with Crippen LogP contribution in [0.25, 0.3) is 11.0 Å². The van der Waals surface area contributed by atoms with E-state index in [4.69, 9.17) is 0 Å². The van der Waals surface area contributed by atoms with E-state index in [0.29, 0.717) is 36.1 Å². The molecule has 0 aliphatic heterocycles. The fourth-order valence-electron chi connectivity index (χ4n) is 2.03. The summed E-state index contributed by atoms with van der Waals surface area (Å²) in [6.07, 6.45) is 1.65. The van der Waals surface area contributed by atoms with Crippen molar-refractivity contribution in [2.45, 2.75) is 13.5 Å². The molecule has 3 rings (SSSR count). The minimum Gasteiger partial charge on any atom is -0.365 e. The second kappa shape index (κ2) is 5.74. The molecule has 0 spiro atoms. The Balaban J connectivity index is 1.89. The highest BCUT2D eigenvalue weighted by molar-refractivity contribution is 5.86. The van der Waals surface area contributed by atoms with Crippen LogP contribution >= 0.6 is 0 Å². The van der Waals surface area contributed by atoms with Crippen LogP contribution < -0.4 is 10.6 Å². The first kappa shape index (κ1) is 13.3. The number of rotatable bonds is 5. The van der Waals surface area contributed by atoms with E-state index in [2.05, 4.69) is 30.8 Å². The standard InChI is InChI=1S/C14H15FN6/c1-2-16-14-19-12(10-8-18-21-13(10)20-14)17-7-9-5-3-4-6-11(9)15/h3-6,8H,2,7H2,1H3,(H3,16,17,18,19,20,21). The maximum absolute atomic E-state index is 13.6. The first-order chi connectivity index (χ1) is 10.3. The Hall–Kier alpha value is -2.70. The lowest BCUT2D eigenvalue weighted by Gasteiger charge is -2.09. The molecule has 0 unspecified atom stereocenters. The van der Waals surface area contributed by atoms with Crippen molar-refractivity contribution >= 4 is 22.8 Å². The van der Waals surface area contributed by atoms with Crippen LogP contribution in [-0.2, 0) is 6.54 Å². The number of halogens is 1. The third-order valence-electron chi connectivity index (χ3n) is 3.05. The van der Waals surface area contributed by atoms with Gasteiger partial charge in [0, 0.05) is 18.7 Å². The third-order valence-corrected chi connectivity index (χ3v) is 3.05. The van der Waals surface area contributed by atoms with Crippen molar-refractivity contribution in [3.63, 3.8) is 0 Å². The van der Waals surface area contributed by atoms with Crippen LogP contribution in [0.5, 0.6) is 0 Å². The zero-order chi connectivity index (χ0) is 14.7. The Labute approximate surface area is 120 Å². The Morgan fingerprint density at radius 1 is 1.19 bits per heavy atom. The fourth-order valence-corrected chi connectivity index (χ4v) is 2.03. The lowest BCUT2D eigenvalue weighted by molar-refractivity contribution is 0.613. The van der Waals surface area contributed by atoms with Crippen molar-refractivity contribution < 1.29 is 4.39 Å². The Bertz CT molecular complexity index is 754. The van der Waals surface area contributed by atoms with E-state index in [0.717, 1.165) is 5.39 Å². The lowest BCUT2D eigenvalue weighted by Crippen LogP contribution is -2.08. The average molecular weight is 286 g/mol. The molecule has 0 saturated heterocycles. The number of aromatic nitrogens is 4. The first-order valence-electron chi connectivity index (χ1n) is 6.70. The molecule has 0 bridgehead atoms. The molecule has 21 heavy (non-hydrogen) atoms. The normalized spacial score (nSPS) is 10.8. The van der Waals surface area contributed by atoms with Crippen molar-refractivity contribution in [1.82, 2.24) is 20.2 Å². The van der Waals surface area contributed by atoms with Crippen molar-refractivity contribution in [3.8, 4) is 0 Å². The summed E-state index contributed by atoms with van der Waals surface area (Å²) in [7, 11) is 0. The summed E-state index contributed by atoms with van der Waals surface area (Å²) >= 11 is 0. The molecule has 3 N–H and O–H groups in total. The SMILES string of the molecule is CCNc1nc(NCc2ccccc2F)c2cn[nH]c2n1. The largest absolute Gasteiger partial charge is 0.365 e. The molecular formula is C14H15FN6. The summed E-state index contributed by atoms with van der Waals surface area (Å²) < 4.78 is 13.6. The summed E-state index contributed by atoms with van der Waals surface area (Å²) in [6.45, 7) is 3.02. The van der Waals surface area contributed by atoms with Gasteiger partial charge in [0.2, 0.25) is 5.95 Å². The zero-order valence-electron chi connectivity index (χ0n) is 11.5. The molecule has 2 heterocycles. The number of hydrogen-bond donors (Lipinski definition) is 3. The van der Waals surface area contributed by atoms with Crippen LogP contribution in [0, 0.1) is 5.82 Å². The van der Waals surface area contributed by atoms with Gasteiger partial charge in [-0.1, -0.05) is 18.2 Å². The smallest absolute Gasteiger partial charge is 0.226 e. The van der Waals surface area contributed by atoms with Gasteiger partial charge in [0.1, 0.15) is 11.6 Å². The van der Waals surface area contributed by atoms with Gasteiger partial charge in [0.25, 0.3) is 0 Å². The predicted octanol–water partition coefficient (Wildman–Crippen LogP) is 2.54. The number of aromatic amines is 1. The van der Waals surface area contributed by atoms with Gasteiger partial charge < -0.3 is 10.6 Å². The third kappa shape index (κ3) is 2.76. The van der Waals surface area contributed by atoms with E-state index in [1.807, 2.05) is 6.92 Å². The van der Waals surface area contributed by atoms with Crippen molar-refractivity contribution in [2.24, 2.45) is 0 Å². The molecule has 0 atom stereocenters. The number of anilines is 2. The molecule has 1 aromatic carbocycles. The molecule has 0 aliphatic carbocycles. The molecule has 0 radical (unpaired) electrons. The number of H-pyrrole nitrogens is 1. The Kier molecular flexibility index (Phi) is 3.63. The summed E-state index contributed by atoms with van der Waals surface area (Å²) in [6, 6.07) is 6.65. The molecular weight excluding hydrogens is 271 g/mol. The van der Waals surface area contributed by atoms with Crippen LogP contribution in [0.4, 0.5) is 16.2 Å². The number of nitrogens with zero attached hydrogens (tertiary/aromatic N) is 3. The van der Waals surface area contributed by atoms with Gasteiger partial charge in [0.05, 0.1) is 11.6 Å². The zero-order valence-corrected chi connectivity index (χ0v) is 11.5. The van der Waals surface area contributed by atoms with Gasteiger partial charge >= 0.3 is 0 Å². The molecule has 0 aliphatic rings. The van der Waals surface area contributed by atoms with Crippen molar-refractivity contribution in [2.75, 3.05) is 17.2 Å². The summed E-state index contributed by atoms with van der Waals surface area (Å²) in [5.74, 6) is 0.882. The maximum Gasteiger partial charge on any atom is 0.226 e. The summed E-state index contributed by atoms with van der Waals surface area (Å²) in [5.41, 5.74) is 1.22. The Morgan fingerprint density at radius 3 is 2.86 bits per heavy atom. The highest BCUT2D eigenvalue weighted by atomic mass is 19.1. The second-order valence-corrected chi connectivity index (χ2v) is 4.50. The molecule has 108 valence electrons. The highest BCUT2D eigenvalue weighted by Gasteiger charge is 2.09. The summed E-state index contributed by atoms with van der Waals surface area (Å²) in [5, 5.41) is 13.7. The van der Waals surface area contributed by atoms with Crippen molar-refractivity contribution in [1.29, 1.82) is 0 Å². The number of benzene rings is 1. The maximum atomic E-state index is 13.6. The molecule has 6 nitrogen and oxygen atoms in total. The fraction of sp³-hybridized carbons (Fsp3) is 0.214. The number of fused-ring (bicyclic) bond motifs is 1. The van der Waals surface area contributed by atoms with Crippen LogP contribution in [0.15, 0.2) is 30.5 Å². The molecule has 7 heteroatoms. The van der Waals surface area contributed by atoms with E-state index >= 15 is 0 Å². The quantitative estimate of drug-likeness (QED) is 0.671. The topological polar surface area (TPSA) is 78.5 Å². The van der Waals surface area contributed by atoms with Gasteiger partial charge in [-0.3, -0.25) is 5.10 Å². The van der Waals surface area contributed by atoms with Gasteiger partial charge in [-0.15, -0.1) is 0 Å². The molecule has 0 saturated carbocycles. The molecule has 0 amide bonds. The second-order valence-electron chi connectivity index (χ2n) is 4.50. The van der Waals surface area contributed by atoms with Gasteiger partial charge in [-0.05, 0) is 13.0 Å². The monoisotopic (exact) mass is 286 g/mol. The predicted molar refractivity (Wildman–Crippen MR) is 79.6 cm³/mol. The van der Waals surface area contributed by atoms with Crippen LogP contribution in [0.3, 0.4) is 0 Å². The minimum atomic E-state index is -0.241. The number of nitrogens with one attached hydrogen (secondary N) is 3. The van der Waals surface area contributed by atoms with E-state index in [9.17, 15) is 4.39 Å². The van der Waals surface area contributed by atoms with E-state index in [1.165, 1.54) is 6.07 Å². The lowest BCUT2D eigenvalue weighted by atomic mass is 10.2. The van der Waals surface area contributed by atoms with E-state index in [-0.39, 0.29) is 5.82 Å². The molecule has 2 aromatic heterocycles. The number of hydrogen-bond acceptors (Lipinski definition) is 5.